The lowest BCUT2D eigenvalue weighted by molar-refractivity contribution is 0.0522. The van der Waals surface area contributed by atoms with Crippen molar-refractivity contribution in [3.8, 4) is 0 Å². The largest absolute Gasteiger partial charge is 0.388 e. The van der Waals surface area contributed by atoms with E-state index in [9.17, 15) is 5.11 Å². The standard InChI is InChI=1S/C21H34N4O.HI/c1-2-22-20(24-17-21(26)11-3-4-12-21)23-15-18-7-9-19(10-8-18)16-25-13-5-6-14-25;/h7-10,26H,2-6,11-17H2,1H3,(H2,22,23,24);1H. The minimum Gasteiger partial charge on any atom is -0.388 e. The lowest BCUT2D eigenvalue weighted by atomic mass is 10.0. The number of hydrogen-bond acceptors (Lipinski definition) is 3. The summed E-state index contributed by atoms with van der Waals surface area (Å²) in [7, 11) is 0. The highest BCUT2D eigenvalue weighted by molar-refractivity contribution is 14.0. The van der Waals surface area contributed by atoms with E-state index in [-0.39, 0.29) is 24.0 Å². The quantitative estimate of drug-likeness (QED) is 0.315. The molecule has 0 bridgehead atoms. The number of benzene rings is 1. The summed E-state index contributed by atoms with van der Waals surface area (Å²) in [4.78, 5) is 7.20. The van der Waals surface area contributed by atoms with E-state index < -0.39 is 5.60 Å². The Labute approximate surface area is 181 Å². The van der Waals surface area contributed by atoms with Crippen molar-refractivity contribution < 1.29 is 5.11 Å². The number of hydrogen-bond donors (Lipinski definition) is 3. The van der Waals surface area contributed by atoms with Crippen molar-refractivity contribution in [2.75, 3.05) is 26.2 Å². The minimum atomic E-state index is -0.562. The molecule has 27 heavy (non-hydrogen) atoms. The van der Waals surface area contributed by atoms with Gasteiger partial charge in [0.1, 0.15) is 0 Å². The third-order valence-corrected chi connectivity index (χ3v) is 5.51. The lowest BCUT2D eigenvalue weighted by Crippen LogP contribution is -2.46. The van der Waals surface area contributed by atoms with Crippen molar-refractivity contribution in [3.63, 3.8) is 0 Å². The second-order valence-electron chi connectivity index (χ2n) is 7.78. The topological polar surface area (TPSA) is 59.9 Å². The first-order valence-electron chi connectivity index (χ1n) is 10.2. The highest BCUT2D eigenvalue weighted by atomic mass is 127. The first-order chi connectivity index (χ1) is 12.7. The molecule has 3 rings (SSSR count). The van der Waals surface area contributed by atoms with E-state index in [4.69, 9.17) is 0 Å². The van der Waals surface area contributed by atoms with Crippen LogP contribution in [0.2, 0.25) is 0 Å². The summed E-state index contributed by atoms with van der Waals surface area (Å²) in [5.41, 5.74) is 2.04. The summed E-state index contributed by atoms with van der Waals surface area (Å²) in [6.45, 7) is 7.64. The molecule has 0 atom stereocenters. The maximum Gasteiger partial charge on any atom is 0.191 e. The Hall–Kier alpha value is -0.860. The van der Waals surface area contributed by atoms with Gasteiger partial charge in [0, 0.05) is 19.6 Å². The number of rotatable bonds is 7. The predicted molar refractivity (Wildman–Crippen MR) is 123 cm³/mol. The smallest absolute Gasteiger partial charge is 0.191 e. The highest BCUT2D eigenvalue weighted by Crippen LogP contribution is 2.28. The second kappa shape index (κ2) is 11.2. The Kier molecular flexibility index (Phi) is 9.32. The Morgan fingerprint density at radius 1 is 1.04 bits per heavy atom. The summed E-state index contributed by atoms with van der Waals surface area (Å²) < 4.78 is 0. The van der Waals surface area contributed by atoms with E-state index in [2.05, 4.69) is 51.7 Å². The molecule has 0 aromatic heterocycles. The fourth-order valence-electron chi connectivity index (χ4n) is 3.92. The molecule has 2 aliphatic rings. The van der Waals surface area contributed by atoms with Crippen molar-refractivity contribution in [1.29, 1.82) is 0 Å². The van der Waals surface area contributed by atoms with Gasteiger partial charge in [-0.25, -0.2) is 4.99 Å². The predicted octanol–water partition coefficient (Wildman–Crippen LogP) is 3.26. The van der Waals surface area contributed by atoms with Crippen LogP contribution in [0.5, 0.6) is 0 Å². The minimum absolute atomic E-state index is 0. The third kappa shape index (κ3) is 7.23. The Bertz CT molecular complexity index is 578. The first kappa shape index (κ1) is 22.4. The van der Waals surface area contributed by atoms with Crippen molar-refractivity contribution in [2.45, 2.75) is 64.1 Å². The van der Waals surface area contributed by atoms with E-state index in [0.717, 1.165) is 44.7 Å². The molecule has 0 unspecified atom stereocenters. The van der Waals surface area contributed by atoms with Gasteiger partial charge in [0.15, 0.2) is 5.96 Å². The average molecular weight is 486 g/mol. The molecular formula is C21H35IN4O. The SMILES string of the molecule is CCNC(=NCc1ccc(CN2CCCC2)cc1)NCC1(O)CCCC1.I. The molecule has 5 nitrogen and oxygen atoms in total. The molecule has 3 N–H and O–H groups in total. The van der Waals surface area contributed by atoms with E-state index in [1.807, 2.05) is 0 Å². The summed E-state index contributed by atoms with van der Waals surface area (Å²) in [5, 5.41) is 17.1. The summed E-state index contributed by atoms with van der Waals surface area (Å²) >= 11 is 0. The van der Waals surface area contributed by atoms with Crippen LogP contribution in [0.15, 0.2) is 29.3 Å². The summed E-state index contributed by atoms with van der Waals surface area (Å²) in [6, 6.07) is 8.82. The van der Waals surface area contributed by atoms with Crippen LogP contribution in [0.25, 0.3) is 0 Å². The van der Waals surface area contributed by atoms with Gasteiger partial charge in [-0.3, -0.25) is 4.90 Å². The lowest BCUT2D eigenvalue weighted by Gasteiger charge is -2.23. The molecule has 152 valence electrons. The van der Waals surface area contributed by atoms with Crippen LogP contribution in [-0.4, -0.2) is 47.7 Å². The van der Waals surface area contributed by atoms with Gasteiger partial charge >= 0.3 is 0 Å². The number of aliphatic imine (C=N–C) groups is 1. The van der Waals surface area contributed by atoms with Crippen LogP contribution in [0.4, 0.5) is 0 Å². The zero-order valence-corrected chi connectivity index (χ0v) is 18.9. The van der Waals surface area contributed by atoms with Crippen LogP contribution in [0.1, 0.15) is 56.6 Å². The van der Waals surface area contributed by atoms with Gasteiger partial charge in [0.25, 0.3) is 0 Å². The number of nitrogens with one attached hydrogen (secondary N) is 2. The van der Waals surface area contributed by atoms with Crippen molar-refractivity contribution in [3.05, 3.63) is 35.4 Å². The summed E-state index contributed by atoms with van der Waals surface area (Å²) in [5.74, 6) is 0.786. The normalized spacial score (nSPS) is 19.7. The van der Waals surface area contributed by atoms with Gasteiger partial charge in [0.2, 0.25) is 0 Å². The van der Waals surface area contributed by atoms with Crippen LogP contribution in [0, 0.1) is 0 Å². The fourth-order valence-corrected chi connectivity index (χ4v) is 3.92. The molecule has 6 heteroatoms. The van der Waals surface area contributed by atoms with Gasteiger partial charge in [0.05, 0.1) is 12.1 Å². The number of halogens is 1. The molecule has 0 spiro atoms. The fraction of sp³-hybridized carbons (Fsp3) is 0.667. The van der Waals surface area contributed by atoms with E-state index in [0.29, 0.717) is 13.1 Å². The van der Waals surface area contributed by atoms with Crippen LogP contribution in [0.3, 0.4) is 0 Å². The highest BCUT2D eigenvalue weighted by Gasteiger charge is 2.30. The number of likely N-dealkylation sites (tertiary alicyclic amines) is 1. The monoisotopic (exact) mass is 486 g/mol. The van der Waals surface area contributed by atoms with Gasteiger partial charge < -0.3 is 15.7 Å². The van der Waals surface area contributed by atoms with Crippen LogP contribution >= 0.6 is 24.0 Å². The molecule has 1 heterocycles. The molecule has 1 aromatic carbocycles. The molecule has 2 fully saturated rings. The van der Waals surface area contributed by atoms with E-state index in [1.54, 1.807) is 0 Å². The number of nitrogens with zero attached hydrogens (tertiary/aromatic N) is 2. The molecular weight excluding hydrogens is 451 g/mol. The van der Waals surface area contributed by atoms with Crippen LogP contribution < -0.4 is 10.6 Å². The molecule has 1 aromatic rings. The van der Waals surface area contributed by atoms with Gasteiger partial charge in [-0.15, -0.1) is 24.0 Å². The Balaban J connectivity index is 0.00000261. The van der Waals surface area contributed by atoms with Crippen molar-refractivity contribution >= 4 is 29.9 Å². The zero-order chi connectivity index (χ0) is 18.2. The van der Waals surface area contributed by atoms with Crippen molar-refractivity contribution in [2.24, 2.45) is 4.99 Å². The molecule has 1 aliphatic carbocycles. The molecule has 0 radical (unpaired) electrons. The van der Waals surface area contributed by atoms with Gasteiger partial charge in [-0.05, 0) is 56.8 Å². The number of aliphatic hydroxyl groups is 1. The Morgan fingerprint density at radius 3 is 2.30 bits per heavy atom. The zero-order valence-electron chi connectivity index (χ0n) is 16.5. The number of guanidine groups is 1. The van der Waals surface area contributed by atoms with Crippen molar-refractivity contribution in [1.82, 2.24) is 15.5 Å². The first-order valence-corrected chi connectivity index (χ1v) is 10.2. The molecule has 1 saturated carbocycles. The Morgan fingerprint density at radius 2 is 1.67 bits per heavy atom. The van der Waals surface area contributed by atoms with E-state index in [1.165, 1.54) is 37.1 Å². The third-order valence-electron chi connectivity index (χ3n) is 5.51. The maximum atomic E-state index is 10.5. The maximum absolute atomic E-state index is 10.5. The second-order valence-corrected chi connectivity index (χ2v) is 7.78. The van der Waals surface area contributed by atoms with Gasteiger partial charge in [-0.1, -0.05) is 37.1 Å². The average Bonchev–Trinajstić information content (AvgIpc) is 3.31. The molecule has 0 amide bonds. The van der Waals surface area contributed by atoms with E-state index >= 15 is 0 Å². The molecule has 1 saturated heterocycles. The van der Waals surface area contributed by atoms with Crippen LogP contribution in [-0.2, 0) is 13.1 Å². The summed E-state index contributed by atoms with van der Waals surface area (Å²) in [6.07, 6.45) is 6.69. The van der Waals surface area contributed by atoms with Gasteiger partial charge in [-0.2, -0.15) is 0 Å². The molecule has 1 aliphatic heterocycles.